The van der Waals surface area contributed by atoms with Crippen molar-refractivity contribution in [1.82, 2.24) is 0 Å². The zero-order chi connectivity index (χ0) is 16.2. The monoisotopic (exact) mass is 315 g/mol. The highest BCUT2D eigenvalue weighted by Crippen LogP contribution is 2.20. The number of carbonyl (C=O) groups excluding carboxylic acids is 1. The minimum atomic E-state index is -0.428. The predicted octanol–water partition coefficient (Wildman–Crippen LogP) is 3.55. The molecule has 1 aliphatic rings. The maximum atomic E-state index is 13.3. The summed E-state index contributed by atoms with van der Waals surface area (Å²) in [6, 6.07) is 11.3. The highest BCUT2D eigenvalue weighted by atomic mass is 19.1. The van der Waals surface area contributed by atoms with Crippen molar-refractivity contribution in [3.63, 3.8) is 0 Å². The molecule has 5 heteroatoms. The molecule has 0 aromatic heterocycles. The van der Waals surface area contributed by atoms with Crippen LogP contribution in [0.3, 0.4) is 0 Å². The molecule has 1 fully saturated rings. The number of hydrogen-bond acceptors (Lipinski definition) is 3. The van der Waals surface area contributed by atoms with Crippen molar-refractivity contribution in [3.05, 3.63) is 59.4 Å². The van der Waals surface area contributed by atoms with E-state index in [1.807, 2.05) is 0 Å². The molecule has 4 nitrogen and oxygen atoms in total. The number of ether oxygens (including phenoxy) is 2. The lowest BCUT2D eigenvalue weighted by Gasteiger charge is -2.12. The predicted molar refractivity (Wildman–Crippen MR) is 85.4 cm³/mol. The van der Waals surface area contributed by atoms with Crippen molar-refractivity contribution in [3.8, 4) is 5.75 Å². The maximum Gasteiger partial charge on any atom is 0.256 e. The Morgan fingerprint density at radius 1 is 1.26 bits per heavy atom. The van der Waals surface area contributed by atoms with E-state index in [4.69, 9.17) is 9.47 Å². The van der Waals surface area contributed by atoms with Gasteiger partial charge in [0.05, 0.1) is 13.2 Å². The Kier molecular flexibility index (Phi) is 4.57. The van der Waals surface area contributed by atoms with Gasteiger partial charge in [-0.25, -0.2) is 4.39 Å². The third-order valence-electron chi connectivity index (χ3n) is 3.75. The summed E-state index contributed by atoms with van der Waals surface area (Å²) in [5.41, 5.74) is 1.69. The Morgan fingerprint density at radius 3 is 2.74 bits per heavy atom. The van der Waals surface area contributed by atoms with Gasteiger partial charge in [-0.2, -0.15) is 0 Å². The molecule has 0 spiro atoms. The van der Waals surface area contributed by atoms with Gasteiger partial charge in [0.1, 0.15) is 17.7 Å². The fourth-order valence-corrected chi connectivity index (χ4v) is 2.45. The van der Waals surface area contributed by atoms with Crippen LogP contribution in [0.15, 0.2) is 42.5 Å². The van der Waals surface area contributed by atoms with Crippen LogP contribution in [0.2, 0.25) is 0 Å². The van der Waals surface area contributed by atoms with Gasteiger partial charge in [-0.1, -0.05) is 6.07 Å². The second kappa shape index (κ2) is 6.79. The fraction of sp³-hybridized carbons (Fsp3) is 0.278. The molecular weight excluding hydrogens is 297 g/mol. The van der Waals surface area contributed by atoms with Crippen molar-refractivity contribution >= 4 is 11.6 Å². The lowest BCUT2D eigenvalue weighted by molar-refractivity contribution is 0.102. The zero-order valence-electron chi connectivity index (χ0n) is 12.8. The second-order valence-corrected chi connectivity index (χ2v) is 5.54. The first-order chi connectivity index (χ1) is 11.1. The third-order valence-corrected chi connectivity index (χ3v) is 3.75. The van der Waals surface area contributed by atoms with Crippen LogP contribution in [0.1, 0.15) is 22.3 Å². The van der Waals surface area contributed by atoms with E-state index in [9.17, 15) is 9.18 Å². The van der Waals surface area contributed by atoms with Crippen LogP contribution in [0, 0.1) is 12.7 Å². The van der Waals surface area contributed by atoms with Crippen LogP contribution in [0.25, 0.3) is 0 Å². The molecule has 1 atom stereocenters. The minimum absolute atomic E-state index is 0.0883. The van der Waals surface area contributed by atoms with E-state index in [0.717, 1.165) is 24.3 Å². The summed E-state index contributed by atoms with van der Waals surface area (Å²) in [6.45, 7) is 3.11. The average molecular weight is 315 g/mol. The Morgan fingerprint density at radius 2 is 2.04 bits per heavy atom. The molecule has 1 heterocycles. The van der Waals surface area contributed by atoms with Crippen LogP contribution >= 0.6 is 0 Å². The number of benzene rings is 2. The molecule has 23 heavy (non-hydrogen) atoms. The minimum Gasteiger partial charge on any atom is -0.488 e. The van der Waals surface area contributed by atoms with E-state index < -0.39 is 5.82 Å². The van der Waals surface area contributed by atoms with Crippen molar-refractivity contribution in [2.75, 3.05) is 18.5 Å². The SMILES string of the molecule is Cc1ccc(F)cc1C(=O)Nc1ccc(O[C@H]2CCOC2)cc1. The van der Waals surface area contributed by atoms with Gasteiger partial charge in [0, 0.05) is 17.7 Å². The summed E-state index contributed by atoms with van der Waals surface area (Å²) in [7, 11) is 0. The Balaban J connectivity index is 1.65. The van der Waals surface area contributed by atoms with E-state index >= 15 is 0 Å². The molecule has 1 aliphatic heterocycles. The van der Waals surface area contributed by atoms with Crippen molar-refractivity contribution in [2.24, 2.45) is 0 Å². The number of aryl methyl sites for hydroxylation is 1. The summed E-state index contributed by atoms with van der Waals surface area (Å²) in [5.74, 6) is -0.0245. The lowest BCUT2D eigenvalue weighted by Crippen LogP contribution is -2.16. The molecule has 0 saturated carbocycles. The molecule has 2 aromatic rings. The molecule has 0 aliphatic carbocycles. The number of amides is 1. The van der Waals surface area contributed by atoms with Gasteiger partial charge in [0.25, 0.3) is 5.91 Å². The number of rotatable bonds is 4. The first-order valence-electron chi connectivity index (χ1n) is 7.54. The summed E-state index contributed by atoms with van der Waals surface area (Å²) < 4.78 is 24.3. The second-order valence-electron chi connectivity index (χ2n) is 5.54. The number of anilines is 1. The van der Waals surface area contributed by atoms with Gasteiger partial charge in [-0.05, 0) is 48.9 Å². The molecule has 3 rings (SSSR count). The highest BCUT2D eigenvalue weighted by Gasteiger charge is 2.17. The van der Waals surface area contributed by atoms with Crippen LogP contribution < -0.4 is 10.1 Å². The quantitative estimate of drug-likeness (QED) is 0.938. The van der Waals surface area contributed by atoms with E-state index in [1.165, 1.54) is 12.1 Å². The normalized spacial score (nSPS) is 17.0. The van der Waals surface area contributed by atoms with Crippen LogP contribution in [-0.2, 0) is 4.74 Å². The van der Waals surface area contributed by atoms with Gasteiger partial charge in [-0.3, -0.25) is 4.79 Å². The Labute approximate surface area is 134 Å². The Hall–Kier alpha value is -2.40. The summed E-state index contributed by atoms with van der Waals surface area (Å²) in [5, 5.41) is 2.76. The molecule has 1 saturated heterocycles. The topological polar surface area (TPSA) is 47.6 Å². The maximum absolute atomic E-state index is 13.3. The van der Waals surface area contributed by atoms with E-state index in [2.05, 4.69) is 5.32 Å². The van der Waals surface area contributed by atoms with Crippen molar-refractivity contribution < 1.29 is 18.7 Å². The summed E-state index contributed by atoms with van der Waals surface area (Å²) >= 11 is 0. The van der Waals surface area contributed by atoms with Gasteiger partial charge < -0.3 is 14.8 Å². The molecule has 0 radical (unpaired) electrons. The zero-order valence-corrected chi connectivity index (χ0v) is 12.8. The van der Waals surface area contributed by atoms with Crippen molar-refractivity contribution in [1.29, 1.82) is 0 Å². The van der Waals surface area contributed by atoms with E-state index in [0.29, 0.717) is 17.9 Å². The molecule has 1 N–H and O–H groups in total. The Bertz CT molecular complexity index is 694. The van der Waals surface area contributed by atoms with Crippen LogP contribution in [0.4, 0.5) is 10.1 Å². The van der Waals surface area contributed by atoms with Gasteiger partial charge in [0.15, 0.2) is 0 Å². The molecular formula is C18H18FNO3. The average Bonchev–Trinajstić information content (AvgIpc) is 3.04. The van der Waals surface area contributed by atoms with Gasteiger partial charge >= 0.3 is 0 Å². The number of hydrogen-bond donors (Lipinski definition) is 1. The summed E-state index contributed by atoms with van der Waals surface area (Å²) in [6.07, 6.45) is 0.975. The lowest BCUT2D eigenvalue weighted by atomic mass is 10.1. The van der Waals surface area contributed by atoms with E-state index in [1.54, 1.807) is 37.3 Å². The number of halogens is 1. The standard InChI is InChI=1S/C18H18FNO3/c1-12-2-3-13(19)10-17(12)18(21)20-14-4-6-15(7-5-14)23-16-8-9-22-11-16/h2-7,10,16H,8-9,11H2,1H3,(H,20,21)/t16-/m0/s1. The first-order valence-corrected chi connectivity index (χ1v) is 7.54. The smallest absolute Gasteiger partial charge is 0.256 e. The van der Waals surface area contributed by atoms with E-state index in [-0.39, 0.29) is 12.0 Å². The molecule has 120 valence electrons. The number of nitrogens with one attached hydrogen (secondary N) is 1. The fourth-order valence-electron chi connectivity index (χ4n) is 2.45. The largest absolute Gasteiger partial charge is 0.488 e. The van der Waals surface area contributed by atoms with Crippen LogP contribution in [-0.4, -0.2) is 25.2 Å². The summed E-state index contributed by atoms with van der Waals surface area (Å²) in [4.78, 5) is 12.2. The molecule has 0 bridgehead atoms. The molecule has 2 aromatic carbocycles. The third kappa shape index (κ3) is 3.87. The van der Waals surface area contributed by atoms with Crippen molar-refractivity contribution in [2.45, 2.75) is 19.4 Å². The number of carbonyl (C=O) groups is 1. The first kappa shape index (κ1) is 15.5. The molecule has 0 unspecified atom stereocenters. The van der Waals surface area contributed by atoms with Gasteiger partial charge in [0.2, 0.25) is 0 Å². The van der Waals surface area contributed by atoms with Crippen LogP contribution in [0.5, 0.6) is 5.75 Å². The molecule has 1 amide bonds. The highest BCUT2D eigenvalue weighted by molar-refractivity contribution is 6.05. The van der Waals surface area contributed by atoms with Gasteiger partial charge in [-0.15, -0.1) is 0 Å².